The molecule has 0 rings (SSSR count). The second-order valence-corrected chi connectivity index (χ2v) is 3.78. The van der Waals surface area contributed by atoms with Crippen LogP contribution in [0, 0.1) is 0 Å². The molecule has 0 spiro atoms. The van der Waals surface area contributed by atoms with Crippen molar-refractivity contribution in [1.29, 1.82) is 0 Å². The number of unbranched alkanes of at least 4 members (excludes halogenated alkanes) is 9. The maximum absolute atomic E-state index is 10.0. The zero-order valence-corrected chi connectivity index (χ0v) is 13.0. The summed E-state index contributed by atoms with van der Waals surface area (Å²) in [6, 6.07) is 0. The van der Waals surface area contributed by atoms with E-state index in [0.29, 0.717) is 0 Å². The number of rotatable bonds is 10. The molecular weight excluding hydrogens is 320 g/mol. The van der Waals surface area contributed by atoms with Gasteiger partial charge in [0, 0.05) is 6.42 Å². The van der Waals surface area contributed by atoms with Gasteiger partial charge in [-0.25, -0.2) is 0 Å². The van der Waals surface area contributed by atoms with Crippen molar-refractivity contribution in [2.75, 3.05) is 0 Å². The van der Waals surface area contributed by atoms with E-state index in [4.69, 9.17) is 0 Å². The zero-order valence-electron chi connectivity index (χ0n) is 9.81. The highest BCUT2D eigenvalue weighted by Crippen LogP contribution is 2.09. The normalized spacial score (nSPS) is 8.87. The topological polar surface area (TPSA) is 17.1 Å². The molecule has 0 aromatic rings. The van der Waals surface area contributed by atoms with E-state index in [1.54, 1.807) is 0 Å². The molecule has 15 heavy (non-hydrogen) atoms. The summed E-state index contributed by atoms with van der Waals surface area (Å²) in [6.45, 7) is 2.25. The second kappa shape index (κ2) is 20.1. The monoisotopic (exact) mass is 342 g/mol. The van der Waals surface area contributed by atoms with Crippen molar-refractivity contribution < 1.29 is 38.8 Å². The Balaban J connectivity index is -0.000000720. The number of carbonyl (C=O) groups is 1. The van der Waals surface area contributed by atoms with Gasteiger partial charge in [-0.1, -0.05) is 58.3 Å². The van der Waals surface area contributed by atoms with Crippen LogP contribution in [0.15, 0.2) is 0 Å². The van der Waals surface area contributed by atoms with Crippen LogP contribution in [0.3, 0.4) is 0 Å². The van der Waals surface area contributed by atoms with Gasteiger partial charge in [0.2, 0.25) is 0 Å². The minimum atomic E-state index is 0. The van der Waals surface area contributed by atoms with Crippen molar-refractivity contribution in [1.82, 2.24) is 0 Å². The highest BCUT2D eigenvalue weighted by molar-refractivity contribution is 5.48. The first-order chi connectivity index (χ1) is 6.41. The summed E-state index contributed by atoms with van der Waals surface area (Å²) in [5.74, 6) is 0. The van der Waals surface area contributed by atoms with Gasteiger partial charge in [0.15, 0.2) is 0 Å². The maximum atomic E-state index is 10.0. The Bertz CT molecular complexity index is 108. The molecule has 0 aliphatic heterocycles. The van der Waals surface area contributed by atoms with E-state index in [0.717, 1.165) is 19.1 Å². The quantitative estimate of drug-likeness (QED) is 0.335. The van der Waals surface area contributed by atoms with Crippen molar-refractivity contribution in [2.45, 2.75) is 71.1 Å². The molecule has 0 aromatic heterocycles. The van der Waals surface area contributed by atoms with Gasteiger partial charge in [-0.15, -0.1) is 0 Å². The summed E-state index contributed by atoms with van der Waals surface area (Å²) in [5.41, 5.74) is 0. The molecule has 0 aromatic carbocycles. The molecule has 0 bridgehead atoms. The molecule has 0 saturated heterocycles. The van der Waals surface area contributed by atoms with Crippen molar-refractivity contribution in [2.24, 2.45) is 0 Å². The van der Waals surface area contributed by atoms with Gasteiger partial charge >= 0.3 is 0 Å². The SMILES string of the molecule is CCCCCCCCCCCC=O.[Br-].[Br-]. The minimum absolute atomic E-state index is 0. The van der Waals surface area contributed by atoms with Gasteiger partial charge in [0.25, 0.3) is 0 Å². The van der Waals surface area contributed by atoms with Gasteiger partial charge in [0.05, 0.1) is 0 Å². The first kappa shape index (κ1) is 21.0. The average Bonchev–Trinajstić information content (AvgIpc) is 2.16. The highest BCUT2D eigenvalue weighted by Gasteiger charge is 1.91. The molecule has 0 heterocycles. The third-order valence-electron chi connectivity index (χ3n) is 2.43. The molecule has 94 valence electrons. The lowest BCUT2D eigenvalue weighted by atomic mass is 10.1. The van der Waals surface area contributed by atoms with E-state index < -0.39 is 0 Å². The Kier molecular flexibility index (Phi) is 28.1. The first-order valence-corrected chi connectivity index (χ1v) is 5.85. The summed E-state index contributed by atoms with van der Waals surface area (Å²) in [7, 11) is 0. The Labute approximate surface area is 116 Å². The van der Waals surface area contributed by atoms with Gasteiger partial charge in [-0.2, -0.15) is 0 Å². The molecule has 0 amide bonds. The second-order valence-electron chi connectivity index (χ2n) is 3.78. The van der Waals surface area contributed by atoms with Crippen LogP contribution in [0.25, 0.3) is 0 Å². The smallest absolute Gasteiger partial charge is 0.119 e. The predicted octanol–water partition coefficient (Wildman–Crippen LogP) is -1.89. The van der Waals surface area contributed by atoms with Crippen LogP contribution >= 0.6 is 0 Å². The average molecular weight is 344 g/mol. The van der Waals surface area contributed by atoms with Crippen LogP contribution in [0.4, 0.5) is 0 Å². The Morgan fingerprint density at radius 2 is 1.13 bits per heavy atom. The van der Waals surface area contributed by atoms with Gasteiger partial charge in [0.1, 0.15) is 6.29 Å². The molecule has 0 aliphatic carbocycles. The standard InChI is InChI=1S/C12H24O.2BrH/c1-2-3-4-5-6-7-8-9-10-11-12-13;;/h12H,2-11H2,1H3;2*1H/p-2. The van der Waals surface area contributed by atoms with Crippen molar-refractivity contribution in [3.63, 3.8) is 0 Å². The highest BCUT2D eigenvalue weighted by atomic mass is 79.9. The van der Waals surface area contributed by atoms with Gasteiger partial charge in [-0.3, -0.25) is 0 Å². The Hall–Kier alpha value is 0.630. The third kappa shape index (κ3) is 20.7. The molecule has 0 N–H and O–H groups in total. The van der Waals surface area contributed by atoms with Gasteiger partial charge < -0.3 is 38.8 Å². The van der Waals surface area contributed by atoms with Crippen LogP contribution in [-0.2, 0) is 4.79 Å². The summed E-state index contributed by atoms with van der Waals surface area (Å²) in [4.78, 5) is 10.0. The molecule has 0 radical (unpaired) electrons. The number of carbonyl (C=O) groups excluding carboxylic acids is 1. The summed E-state index contributed by atoms with van der Waals surface area (Å²) < 4.78 is 0. The molecule has 0 saturated carbocycles. The van der Waals surface area contributed by atoms with E-state index in [2.05, 4.69) is 6.92 Å². The zero-order chi connectivity index (χ0) is 9.78. The Morgan fingerprint density at radius 3 is 1.53 bits per heavy atom. The molecule has 3 heteroatoms. The number of hydrogen-bond donors (Lipinski definition) is 0. The van der Waals surface area contributed by atoms with Crippen LogP contribution in [0.1, 0.15) is 71.1 Å². The maximum Gasteiger partial charge on any atom is 0.119 e. The molecular formula is C12H24Br2O-2. The van der Waals surface area contributed by atoms with Crippen LogP contribution in [0.5, 0.6) is 0 Å². The fourth-order valence-electron chi connectivity index (χ4n) is 1.54. The fourth-order valence-corrected chi connectivity index (χ4v) is 1.54. The van der Waals surface area contributed by atoms with E-state index in [-0.39, 0.29) is 34.0 Å². The molecule has 0 unspecified atom stereocenters. The largest absolute Gasteiger partial charge is 1.00 e. The van der Waals surface area contributed by atoms with Crippen LogP contribution in [-0.4, -0.2) is 6.29 Å². The summed E-state index contributed by atoms with van der Waals surface area (Å²) >= 11 is 0. The third-order valence-corrected chi connectivity index (χ3v) is 2.43. The number of hydrogen-bond acceptors (Lipinski definition) is 1. The fraction of sp³-hybridized carbons (Fsp3) is 0.917. The van der Waals surface area contributed by atoms with E-state index in [1.165, 1.54) is 51.4 Å². The van der Waals surface area contributed by atoms with Gasteiger partial charge in [-0.05, 0) is 6.42 Å². The molecule has 0 fully saturated rings. The number of aldehydes is 1. The summed E-state index contributed by atoms with van der Waals surface area (Å²) in [5, 5.41) is 0. The first-order valence-electron chi connectivity index (χ1n) is 5.85. The molecule has 1 nitrogen and oxygen atoms in total. The lowest BCUT2D eigenvalue weighted by Gasteiger charge is -1.99. The van der Waals surface area contributed by atoms with Crippen LogP contribution < -0.4 is 34.0 Å². The number of halogens is 2. The van der Waals surface area contributed by atoms with E-state index in [9.17, 15) is 4.79 Å². The van der Waals surface area contributed by atoms with Crippen LogP contribution in [0.2, 0.25) is 0 Å². The van der Waals surface area contributed by atoms with E-state index in [1.807, 2.05) is 0 Å². The lowest BCUT2D eigenvalue weighted by Crippen LogP contribution is -3.00. The van der Waals surface area contributed by atoms with Crippen molar-refractivity contribution >= 4 is 6.29 Å². The van der Waals surface area contributed by atoms with E-state index >= 15 is 0 Å². The molecule has 0 atom stereocenters. The Morgan fingerprint density at radius 1 is 0.733 bits per heavy atom. The lowest BCUT2D eigenvalue weighted by molar-refractivity contribution is -0.107. The predicted molar refractivity (Wildman–Crippen MR) is 57.9 cm³/mol. The van der Waals surface area contributed by atoms with Crippen molar-refractivity contribution in [3.05, 3.63) is 0 Å². The minimum Gasteiger partial charge on any atom is -1.00 e. The summed E-state index contributed by atoms with van der Waals surface area (Å²) in [6.07, 6.45) is 13.7. The molecule has 0 aliphatic rings. The van der Waals surface area contributed by atoms with Crippen molar-refractivity contribution in [3.8, 4) is 0 Å².